The summed E-state index contributed by atoms with van der Waals surface area (Å²) in [5.74, 6) is -2.09. The van der Waals surface area contributed by atoms with E-state index in [0.717, 1.165) is 0 Å². The van der Waals surface area contributed by atoms with Gasteiger partial charge in [-0.3, -0.25) is 19.3 Å². The van der Waals surface area contributed by atoms with Gasteiger partial charge in [-0.25, -0.2) is 11.0 Å². The first-order chi connectivity index (χ1) is 12.4. The quantitative estimate of drug-likeness (QED) is 0.526. The molecule has 2 aromatic carbocycles. The maximum Gasteiger partial charge on any atom is 0.335 e. The zero-order valence-corrected chi connectivity index (χ0v) is 16.0. The molecule has 0 saturated heterocycles. The number of amides is 2. The highest BCUT2D eigenvalue weighted by molar-refractivity contribution is 6.36. The number of carbonyl (C=O) groups excluding carboxylic acids is 2. The molecule has 138 valence electrons. The van der Waals surface area contributed by atoms with Gasteiger partial charge in [0.05, 0.1) is 0 Å². The van der Waals surface area contributed by atoms with Gasteiger partial charge in [0.2, 0.25) is 0 Å². The number of carbonyl (C=O) groups is 2. The summed E-state index contributed by atoms with van der Waals surface area (Å²) in [6, 6.07) is 9.58. The van der Waals surface area contributed by atoms with Crippen molar-refractivity contribution in [2.45, 2.75) is 13.2 Å². The molecule has 0 spiro atoms. The molecule has 0 aliphatic carbocycles. The molecule has 0 atom stereocenters. The second-order valence-electron chi connectivity index (χ2n) is 4.91. The molecule has 2 rings (SSSR count). The second-order valence-corrected chi connectivity index (χ2v) is 6.60. The van der Waals surface area contributed by atoms with Crippen LogP contribution in [0, 0.1) is 0 Å². The molecule has 0 aliphatic heterocycles. The summed E-state index contributed by atoms with van der Waals surface area (Å²) < 4.78 is 0. The molecule has 10 heteroatoms. The normalized spacial score (nSPS) is 10.5. The van der Waals surface area contributed by atoms with Crippen LogP contribution in [0.25, 0.3) is 0 Å². The summed E-state index contributed by atoms with van der Waals surface area (Å²) in [4.78, 5) is 33.1. The van der Waals surface area contributed by atoms with Crippen molar-refractivity contribution in [2.75, 3.05) is 0 Å². The van der Waals surface area contributed by atoms with E-state index in [9.17, 15) is 9.59 Å². The summed E-state index contributed by atoms with van der Waals surface area (Å²) in [7, 11) is 0. The first-order valence-electron chi connectivity index (χ1n) is 7.08. The minimum absolute atomic E-state index is 0.0454. The summed E-state index contributed by atoms with van der Waals surface area (Å²) in [6.07, 6.45) is 0. The van der Waals surface area contributed by atoms with Gasteiger partial charge < -0.3 is 0 Å². The molecule has 2 N–H and O–H groups in total. The number of hydrogen-bond acceptors (Lipinski definition) is 4. The molecule has 0 aliphatic rings. The average molecular weight is 438 g/mol. The maximum absolute atomic E-state index is 11.6. The van der Waals surface area contributed by atoms with Crippen LogP contribution in [0.15, 0.2) is 36.4 Å². The van der Waals surface area contributed by atoms with Crippen LogP contribution in [0.1, 0.15) is 11.1 Å². The third-order valence-corrected chi connectivity index (χ3v) is 4.20. The van der Waals surface area contributed by atoms with Crippen molar-refractivity contribution in [2.24, 2.45) is 0 Å². The minimum atomic E-state index is -1.04. The van der Waals surface area contributed by atoms with Gasteiger partial charge in [0.1, 0.15) is 13.2 Å². The van der Waals surface area contributed by atoms with Crippen molar-refractivity contribution in [3.63, 3.8) is 0 Å². The molecular weight excluding hydrogens is 426 g/mol. The highest BCUT2D eigenvalue weighted by Gasteiger charge is 2.14. The Hall–Kier alpha value is -1.54. The van der Waals surface area contributed by atoms with Crippen molar-refractivity contribution in [3.8, 4) is 0 Å². The van der Waals surface area contributed by atoms with Crippen molar-refractivity contribution in [1.29, 1.82) is 0 Å². The van der Waals surface area contributed by atoms with E-state index in [1.54, 1.807) is 24.3 Å². The lowest BCUT2D eigenvalue weighted by atomic mass is 10.2. The van der Waals surface area contributed by atoms with Gasteiger partial charge in [-0.1, -0.05) is 58.5 Å². The van der Waals surface area contributed by atoms with Crippen LogP contribution in [0.4, 0.5) is 0 Å². The Morgan fingerprint density at radius 2 is 1.12 bits per heavy atom. The molecule has 0 heterocycles. The van der Waals surface area contributed by atoms with Gasteiger partial charge >= 0.3 is 11.8 Å². The van der Waals surface area contributed by atoms with Crippen molar-refractivity contribution >= 4 is 58.2 Å². The minimum Gasteiger partial charge on any atom is -0.268 e. The summed E-state index contributed by atoms with van der Waals surface area (Å²) >= 11 is 23.5. The first-order valence-corrected chi connectivity index (χ1v) is 8.59. The number of rotatable bonds is 6. The van der Waals surface area contributed by atoms with E-state index in [0.29, 0.717) is 31.2 Å². The van der Waals surface area contributed by atoms with Crippen molar-refractivity contribution < 1.29 is 19.3 Å². The molecule has 0 bridgehead atoms. The summed E-state index contributed by atoms with van der Waals surface area (Å²) in [6.45, 7) is -0.0907. The van der Waals surface area contributed by atoms with E-state index in [1.807, 2.05) is 11.0 Å². The molecule has 0 unspecified atom stereocenters. The number of nitrogens with one attached hydrogen (secondary N) is 2. The van der Waals surface area contributed by atoms with Crippen LogP contribution < -0.4 is 11.0 Å². The Morgan fingerprint density at radius 3 is 1.46 bits per heavy atom. The van der Waals surface area contributed by atoms with Crippen molar-refractivity contribution in [3.05, 3.63) is 67.6 Å². The van der Waals surface area contributed by atoms with E-state index in [4.69, 9.17) is 56.1 Å². The van der Waals surface area contributed by atoms with Gasteiger partial charge in [0, 0.05) is 20.1 Å². The van der Waals surface area contributed by atoms with Crippen molar-refractivity contribution in [1.82, 2.24) is 11.0 Å². The van der Waals surface area contributed by atoms with Crippen LogP contribution in [0.3, 0.4) is 0 Å². The lowest BCUT2D eigenvalue weighted by molar-refractivity contribution is -0.154. The molecule has 6 nitrogen and oxygen atoms in total. The molecule has 26 heavy (non-hydrogen) atoms. The average Bonchev–Trinajstić information content (AvgIpc) is 2.58. The van der Waals surface area contributed by atoms with Crippen LogP contribution in [0.2, 0.25) is 20.1 Å². The molecule has 2 amide bonds. The smallest absolute Gasteiger partial charge is 0.268 e. The number of hydrogen-bond donors (Lipinski definition) is 2. The Kier molecular flexibility index (Phi) is 7.96. The second kappa shape index (κ2) is 9.97. The Balaban J connectivity index is 1.72. The molecule has 0 aromatic heterocycles. The van der Waals surface area contributed by atoms with Gasteiger partial charge in [-0.2, -0.15) is 0 Å². The maximum atomic E-state index is 11.6. The largest absolute Gasteiger partial charge is 0.335 e. The zero-order chi connectivity index (χ0) is 19.1. The summed E-state index contributed by atoms with van der Waals surface area (Å²) in [5.41, 5.74) is 5.12. The topological polar surface area (TPSA) is 76.7 Å². The van der Waals surface area contributed by atoms with Gasteiger partial charge in [0.25, 0.3) is 0 Å². The number of halogens is 4. The van der Waals surface area contributed by atoms with E-state index in [1.165, 1.54) is 12.1 Å². The van der Waals surface area contributed by atoms with Gasteiger partial charge in [0.15, 0.2) is 0 Å². The Morgan fingerprint density at radius 1 is 0.731 bits per heavy atom. The molecule has 2 aromatic rings. The Labute approximate surface area is 169 Å². The fraction of sp³-hybridized carbons (Fsp3) is 0.125. The monoisotopic (exact) mass is 436 g/mol. The molecule has 0 saturated carbocycles. The van der Waals surface area contributed by atoms with E-state index >= 15 is 0 Å². The third kappa shape index (κ3) is 6.32. The van der Waals surface area contributed by atoms with Crippen LogP contribution >= 0.6 is 46.4 Å². The van der Waals surface area contributed by atoms with E-state index in [2.05, 4.69) is 0 Å². The molecule has 0 fully saturated rings. The lowest BCUT2D eigenvalue weighted by Gasteiger charge is -2.09. The third-order valence-electron chi connectivity index (χ3n) is 3.02. The SMILES string of the molecule is O=C(NOCc1ccc(Cl)cc1Cl)C(=O)NOCc1ccc(Cl)cc1Cl. The van der Waals surface area contributed by atoms with Crippen LogP contribution in [-0.2, 0) is 32.5 Å². The van der Waals surface area contributed by atoms with Crippen LogP contribution in [-0.4, -0.2) is 11.8 Å². The highest BCUT2D eigenvalue weighted by atomic mass is 35.5. The standard InChI is InChI=1S/C16H12Cl4N2O4/c17-11-3-1-9(13(19)5-11)7-25-21-15(23)16(24)22-26-8-10-2-4-12(18)6-14(10)20/h1-6H,7-8H2,(H,21,23)(H,22,24). The predicted octanol–water partition coefficient (Wildman–Crippen LogP) is 4.10. The Bertz CT molecular complexity index is 749. The summed E-state index contributed by atoms with van der Waals surface area (Å²) in [5, 5.41) is 1.69. The zero-order valence-electron chi connectivity index (χ0n) is 13.0. The fourth-order valence-electron chi connectivity index (χ4n) is 1.73. The van der Waals surface area contributed by atoms with E-state index in [-0.39, 0.29) is 13.2 Å². The predicted molar refractivity (Wildman–Crippen MR) is 98.8 cm³/mol. The molecule has 0 radical (unpaired) electrons. The van der Waals surface area contributed by atoms with E-state index < -0.39 is 11.8 Å². The van der Waals surface area contributed by atoms with Crippen LogP contribution in [0.5, 0.6) is 0 Å². The number of hydroxylamine groups is 2. The first kappa shape index (κ1) is 20.8. The fourth-order valence-corrected chi connectivity index (χ4v) is 2.66. The number of benzene rings is 2. The lowest BCUT2D eigenvalue weighted by Crippen LogP contribution is -2.39. The molecular formula is C16H12Cl4N2O4. The van der Waals surface area contributed by atoms with Gasteiger partial charge in [-0.15, -0.1) is 0 Å². The van der Waals surface area contributed by atoms with Gasteiger partial charge in [-0.05, 0) is 35.4 Å². The highest BCUT2D eigenvalue weighted by Crippen LogP contribution is 2.22.